The Morgan fingerprint density at radius 3 is 2.74 bits per heavy atom. The van der Waals surface area contributed by atoms with Crippen molar-refractivity contribution in [3.8, 4) is 0 Å². The standard InChI is InChI=1S/C12H14N4O3/c17-8-6-13-12(18)10-3-1-9(2-4-10)11-5-7-16(19)15-14-11/h1-4,17H,5-8H2,(H-,13,15,18,19)/p+1. The summed E-state index contributed by atoms with van der Waals surface area (Å²) in [6.45, 7) is 0.492. The molecule has 1 aliphatic heterocycles. The average molecular weight is 263 g/mol. The molecular formula is C12H15N4O3+. The highest BCUT2D eigenvalue weighted by Gasteiger charge is 2.19. The highest BCUT2D eigenvalue weighted by Crippen LogP contribution is 2.09. The molecule has 0 aromatic heterocycles. The van der Waals surface area contributed by atoms with Crippen molar-refractivity contribution >= 4 is 11.6 Å². The molecule has 7 nitrogen and oxygen atoms in total. The van der Waals surface area contributed by atoms with E-state index in [2.05, 4.69) is 16.0 Å². The molecule has 19 heavy (non-hydrogen) atoms. The first-order valence-electron chi connectivity index (χ1n) is 5.97. The summed E-state index contributed by atoms with van der Waals surface area (Å²) in [7, 11) is 0. The zero-order valence-electron chi connectivity index (χ0n) is 10.3. The van der Waals surface area contributed by atoms with E-state index in [1.54, 1.807) is 24.3 Å². The van der Waals surface area contributed by atoms with Crippen LogP contribution in [0.25, 0.3) is 0 Å². The minimum absolute atomic E-state index is 0.0853. The fourth-order valence-corrected chi connectivity index (χ4v) is 1.72. The number of carbonyl (C=O) groups is 1. The van der Waals surface area contributed by atoms with E-state index in [0.717, 1.165) is 11.3 Å². The maximum atomic E-state index is 11.6. The third-order valence-corrected chi connectivity index (χ3v) is 2.73. The van der Waals surface area contributed by atoms with E-state index in [4.69, 9.17) is 5.11 Å². The zero-order valence-corrected chi connectivity index (χ0v) is 10.3. The highest BCUT2D eigenvalue weighted by atomic mass is 16.3. The van der Waals surface area contributed by atoms with Crippen molar-refractivity contribution in [3.05, 3.63) is 40.3 Å². The molecule has 3 N–H and O–H groups in total. The number of aliphatic hydroxyl groups excluding tert-OH is 1. The van der Waals surface area contributed by atoms with Gasteiger partial charge in [0, 0.05) is 27.6 Å². The van der Waals surface area contributed by atoms with E-state index in [-0.39, 0.29) is 19.1 Å². The summed E-state index contributed by atoms with van der Waals surface area (Å²) < 4.78 is 0. The van der Waals surface area contributed by atoms with Crippen LogP contribution in [0.5, 0.6) is 0 Å². The zero-order chi connectivity index (χ0) is 13.7. The van der Waals surface area contributed by atoms with Gasteiger partial charge in [-0.1, -0.05) is 12.1 Å². The summed E-state index contributed by atoms with van der Waals surface area (Å²) in [6, 6.07) is 6.95. The molecule has 0 bridgehead atoms. The summed E-state index contributed by atoms with van der Waals surface area (Å²) in [5.41, 5.74) is 4.54. The van der Waals surface area contributed by atoms with Crippen LogP contribution in [0.3, 0.4) is 0 Å². The van der Waals surface area contributed by atoms with Crippen molar-refractivity contribution in [1.29, 1.82) is 0 Å². The molecule has 1 aromatic carbocycles. The predicted octanol–water partition coefficient (Wildman–Crippen LogP) is -0.200. The smallest absolute Gasteiger partial charge is 0.251 e. The molecule has 1 heterocycles. The number of hydrazone groups is 1. The van der Waals surface area contributed by atoms with Crippen molar-refractivity contribution < 1.29 is 14.8 Å². The number of hydrazine groups is 1. The second-order valence-corrected chi connectivity index (χ2v) is 4.07. The third kappa shape index (κ3) is 3.35. The van der Waals surface area contributed by atoms with E-state index >= 15 is 0 Å². The van der Waals surface area contributed by atoms with Gasteiger partial charge in [-0.3, -0.25) is 4.79 Å². The van der Waals surface area contributed by atoms with Crippen LogP contribution < -0.4 is 10.9 Å². The number of nitrogens with one attached hydrogen (secondary N) is 2. The van der Waals surface area contributed by atoms with Gasteiger partial charge < -0.3 is 10.4 Å². The Kier molecular flexibility index (Phi) is 4.19. The first-order valence-corrected chi connectivity index (χ1v) is 5.97. The molecule has 0 unspecified atom stereocenters. The first-order chi connectivity index (χ1) is 9.20. The van der Waals surface area contributed by atoms with Gasteiger partial charge in [-0.25, -0.2) is 0 Å². The van der Waals surface area contributed by atoms with Crippen molar-refractivity contribution in [2.75, 3.05) is 19.7 Å². The molecule has 1 amide bonds. The summed E-state index contributed by atoms with van der Waals surface area (Å²) >= 11 is 0. The van der Waals surface area contributed by atoms with Crippen LogP contribution in [0.2, 0.25) is 0 Å². The number of benzene rings is 1. The lowest BCUT2D eigenvalue weighted by Gasteiger charge is -2.06. The van der Waals surface area contributed by atoms with E-state index in [0.29, 0.717) is 23.4 Å². The second kappa shape index (κ2) is 6.05. The number of nitroso groups, excluding NO2 is 1. The van der Waals surface area contributed by atoms with Gasteiger partial charge in [0.25, 0.3) is 5.91 Å². The molecule has 0 saturated heterocycles. The van der Waals surface area contributed by atoms with Crippen molar-refractivity contribution in [1.82, 2.24) is 10.9 Å². The van der Waals surface area contributed by atoms with E-state index in [1.165, 1.54) is 0 Å². The number of nitrogens with zero attached hydrogens (tertiary/aromatic N) is 2. The van der Waals surface area contributed by atoms with Gasteiger partial charge in [0.2, 0.25) is 0 Å². The Morgan fingerprint density at radius 2 is 2.16 bits per heavy atom. The average Bonchev–Trinajstić information content (AvgIpc) is 2.46. The molecule has 0 spiro atoms. The number of amides is 1. The number of aliphatic hydroxyl groups is 1. The maximum Gasteiger partial charge on any atom is 0.251 e. The summed E-state index contributed by atoms with van der Waals surface area (Å²) in [5.74, 6) is -0.227. The Morgan fingerprint density at radius 1 is 1.42 bits per heavy atom. The SMILES string of the molecule is O=C(NCCO)c1ccc(C2=NN[N+](=O)CC2)cc1. The molecule has 0 saturated carbocycles. The van der Waals surface area contributed by atoms with Crippen LogP contribution in [0.15, 0.2) is 29.4 Å². The minimum Gasteiger partial charge on any atom is -0.395 e. The maximum absolute atomic E-state index is 11.6. The fourth-order valence-electron chi connectivity index (χ4n) is 1.72. The molecule has 1 aliphatic rings. The Labute approximate surface area is 109 Å². The number of carbonyl (C=O) groups excluding carboxylic acids is 1. The van der Waals surface area contributed by atoms with Gasteiger partial charge in [-0.15, -0.1) is 0 Å². The Bertz CT molecular complexity index is 510. The Hall–Kier alpha value is -2.28. The highest BCUT2D eigenvalue weighted by molar-refractivity contribution is 6.02. The molecule has 7 heteroatoms. The topological polar surface area (TPSA) is 93.8 Å². The molecule has 2 rings (SSSR count). The van der Waals surface area contributed by atoms with Gasteiger partial charge in [-0.05, 0) is 22.6 Å². The van der Waals surface area contributed by atoms with Gasteiger partial charge in [-0.2, -0.15) is 0 Å². The Balaban J connectivity index is 2.06. The molecule has 100 valence electrons. The first kappa shape index (κ1) is 13.2. The van der Waals surface area contributed by atoms with Crippen molar-refractivity contribution in [2.45, 2.75) is 6.42 Å². The summed E-state index contributed by atoms with van der Waals surface area (Å²) in [4.78, 5) is 23.2. The number of rotatable bonds is 4. The number of hydrogen-bond acceptors (Lipinski definition) is 4. The van der Waals surface area contributed by atoms with Crippen LogP contribution in [-0.4, -0.2) is 41.3 Å². The van der Waals surface area contributed by atoms with Crippen molar-refractivity contribution in [3.63, 3.8) is 0 Å². The third-order valence-electron chi connectivity index (χ3n) is 2.73. The molecule has 0 radical (unpaired) electrons. The van der Waals surface area contributed by atoms with E-state index < -0.39 is 0 Å². The van der Waals surface area contributed by atoms with Crippen molar-refractivity contribution in [2.24, 2.45) is 5.10 Å². The van der Waals surface area contributed by atoms with Crippen LogP contribution in [0.4, 0.5) is 0 Å². The quantitative estimate of drug-likeness (QED) is 0.656. The molecular weight excluding hydrogens is 248 g/mol. The second-order valence-electron chi connectivity index (χ2n) is 4.07. The van der Waals surface area contributed by atoms with Gasteiger partial charge in [0.15, 0.2) is 12.3 Å². The molecule has 1 aromatic rings. The molecule has 0 atom stereocenters. The van der Waals surface area contributed by atoms with Gasteiger partial charge in [0.1, 0.15) is 0 Å². The number of hydrogen-bond donors (Lipinski definition) is 3. The lowest BCUT2D eigenvalue weighted by molar-refractivity contribution is -0.609. The van der Waals surface area contributed by atoms with E-state index in [9.17, 15) is 9.70 Å². The summed E-state index contributed by atoms with van der Waals surface area (Å²) in [6.07, 6.45) is 0.562. The lowest BCUT2D eigenvalue weighted by atomic mass is 10.0. The molecule has 0 aliphatic carbocycles. The minimum atomic E-state index is -0.227. The van der Waals surface area contributed by atoms with Crippen LogP contribution in [0.1, 0.15) is 22.3 Å². The van der Waals surface area contributed by atoms with E-state index in [1.807, 2.05) is 0 Å². The predicted molar refractivity (Wildman–Crippen MR) is 68.6 cm³/mol. The summed E-state index contributed by atoms with van der Waals surface area (Å²) in [5, 5.41) is 15.2. The van der Waals surface area contributed by atoms with Crippen LogP contribution >= 0.6 is 0 Å². The van der Waals surface area contributed by atoms with Crippen LogP contribution in [-0.2, 0) is 0 Å². The fraction of sp³-hybridized carbons (Fsp3) is 0.333. The molecule has 0 fully saturated rings. The van der Waals surface area contributed by atoms with Gasteiger partial charge in [0.05, 0.1) is 13.0 Å². The monoisotopic (exact) mass is 263 g/mol. The lowest BCUT2D eigenvalue weighted by Crippen LogP contribution is -2.31. The normalized spacial score (nSPS) is 14.6. The largest absolute Gasteiger partial charge is 0.395 e. The van der Waals surface area contributed by atoms with Gasteiger partial charge >= 0.3 is 0 Å². The van der Waals surface area contributed by atoms with Crippen LogP contribution in [0, 0.1) is 4.91 Å².